The molecule has 0 amide bonds. The van der Waals surface area contributed by atoms with E-state index in [1.807, 2.05) is 12.1 Å². The van der Waals surface area contributed by atoms with Crippen molar-refractivity contribution in [3.63, 3.8) is 0 Å². The van der Waals surface area contributed by atoms with Crippen molar-refractivity contribution in [3.05, 3.63) is 55.7 Å². The lowest BCUT2D eigenvalue weighted by Crippen LogP contribution is -2.13. The molecule has 0 unspecified atom stereocenters. The van der Waals surface area contributed by atoms with Crippen molar-refractivity contribution in [2.24, 2.45) is 0 Å². The van der Waals surface area contributed by atoms with Gasteiger partial charge in [0.2, 0.25) is 0 Å². The molecule has 0 aromatic heterocycles. The number of ether oxygens (including phenoxy) is 2. The highest BCUT2D eigenvalue weighted by molar-refractivity contribution is 14.1. The number of aromatic hydroxyl groups is 2. The van der Waals surface area contributed by atoms with Crippen LogP contribution in [-0.4, -0.2) is 35.4 Å². The van der Waals surface area contributed by atoms with E-state index >= 15 is 0 Å². The summed E-state index contributed by atoms with van der Waals surface area (Å²) in [5.41, 5.74) is 4.90. The summed E-state index contributed by atoms with van der Waals surface area (Å²) >= 11 is 2.16. The molecule has 7 heteroatoms. The number of phenols is 2. The van der Waals surface area contributed by atoms with Crippen LogP contribution >= 0.6 is 22.6 Å². The van der Waals surface area contributed by atoms with Gasteiger partial charge in [-0.3, -0.25) is 9.59 Å². The van der Waals surface area contributed by atoms with Gasteiger partial charge in [0.25, 0.3) is 0 Å². The van der Waals surface area contributed by atoms with Crippen LogP contribution in [0, 0.1) is 3.57 Å². The molecule has 2 aromatic rings. The lowest BCUT2D eigenvalue weighted by molar-refractivity contribution is -0.144. The number of carbonyl (C=O) groups is 2. The molecule has 264 valence electrons. The van der Waals surface area contributed by atoms with E-state index < -0.39 is 0 Å². The number of unbranched alkanes of at least 4 members (excludes halogenated alkanes) is 9. The molecule has 0 spiro atoms. The fraction of sp³-hybridized carbons (Fsp3) is 0.650. The van der Waals surface area contributed by atoms with Crippen molar-refractivity contribution in [2.75, 3.05) is 13.2 Å². The van der Waals surface area contributed by atoms with Gasteiger partial charge in [0, 0.05) is 12.8 Å². The predicted octanol–water partition coefficient (Wildman–Crippen LogP) is 10.5. The van der Waals surface area contributed by atoms with Gasteiger partial charge in [-0.25, -0.2) is 0 Å². The van der Waals surface area contributed by atoms with E-state index in [-0.39, 0.29) is 17.4 Å². The van der Waals surface area contributed by atoms with Crippen LogP contribution in [0.15, 0.2) is 24.3 Å². The summed E-state index contributed by atoms with van der Waals surface area (Å²) in [6.45, 7) is 11.6. The van der Waals surface area contributed by atoms with Crippen LogP contribution in [0.1, 0.15) is 152 Å². The number of esters is 2. The number of phenolic OH excluding ortho intramolecular Hbond substituents is 2. The molecular weight excluding hydrogens is 703 g/mol. The Morgan fingerprint density at radius 1 is 0.617 bits per heavy atom. The van der Waals surface area contributed by atoms with Crippen molar-refractivity contribution in [1.82, 2.24) is 0 Å². The molecule has 0 aliphatic rings. The Morgan fingerprint density at radius 2 is 1.04 bits per heavy atom. The molecule has 0 heterocycles. The Bertz CT molecular complexity index is 1230. The van der Waals surface area contributed by atoms with Gasteiger partial charge < -0.3 is 19.7 Å². The number of aryl methyl sites for hydroxylation is 4. The van der Waals surface area contributed by atoms with E-state index in [0.29, 0.717) is 50.4 Å². The lowest BCUT2D eigenvalue weighted by Gasteiger charge is -2.23. The fourth-order valence-corrected chi connectivity index (χ4v) is 6.48. The third-order valence-electron chi connectivity index (χ3n) is 8.66. The van der Waals surface area contributed by atoms with E-state index in [1.165, 1.54) is 0 Å². The fourth-order valence-electron chi connectivity index (χ4n) is 5.73. The number of halogens is 1. The Hall–Kier alpha value is -2.29. The molecule has 6 nitrogen and oxygen atoms in total. The number of rotatable bonds is 23. The molecule has 0 atom stereocenters. The van der Waals surface area contributed by atoms with Crippen LogP contribution in [0.25, 0.3) is 0 Å². The molecule has 2 N–H and O–H groups in total. The van der Waals surface area contributed by atoms with Gasteiger partial charge in [0.15, 0.2) is 0 Å². The molecule has 2 rings (SSSR count). The summed E-state index contributed by atoms with van der Waals surface area (Å²) in [7, 11) is 0. The highest BCUT2D eigenvalue weighted by Crippen LogP contribution is 2.35. The summed E-state index contributed by atoms with van der Waals surface area (Å²) in [5.74, 6) is 0.465. The second-order valence-corrected chi connectivity index (χ2v) is 15.1. The molecule has 2 aromatic carbocycles. The number of hydrogen-bond donors (Lipinski definition) is 2. The molecule has 0 aliphatic heterocycles. The Kier molecular flexibility index (Phi) is 19.5. The maximum atomic E-state index is 12.4. The van der Waals surface area contributed by atoms with Gasteiger partial charge in [-0.1, -0.05) is 104 Å². The first kappa shape index (κ1) is 40.9. The third-order valence-corrected chi connectivity index (χ3v) is 9.48. The van der Waals surface area contributed by atoms with Gasteiger partial charge in [0.1, 0.15) is 11.5 Å². The molecule has 0 aliphatic carbocycles. The van der Waals surface area contributed by atoms with Crippen LogP contribution in [0.2, 0.25) is 0 Å². The Morgan fingerprint density at radius 3 is 1.49 bits per heavy atom. The van der Waals surface area contributed by atoms with Crippen LogP contribution in [-0.2, 0) is 50.2 Å². The average Bonchev–Trinajstić information content (AvgIpc) is 3.03. The van der Waals surface area contributed by atoms with Gasteiger partial charge in [-0.15, -0.1) is 0 Å². The Labute approximate surface area is 298 Å². The van der Waals surface area contributed by atoms with E-state index in [9.17, 15) is 19.8 Å². The van der Waals surface area contributed by atoms with E-state index in [2.05, 4.69) is 69.3 Å². The first-order valence-electron chi connectivity index (χ1n) is 18.1. The quantitative estimate of drug-likeness (QED) is 0.0665. The second-order valence-electron chi connectivity index (χ2n) is 14.0. The van der Waals surface area contributed by atoms with Gasteiger partial charge in [0.05, 0.1) is 16.8 Å². The standard InChI is InChI=1S/C40H61IO6/c1-6-8-18-32-26-30(28-34(38(32)44)40(3,4)5)20-22-36(42)46-24-16-14-12-10-11-13-15-17-25-47-37(43)23-21-31-27-33(19-9-7-2)39(45)35(41)29-31/h26-29,44-45H,6-25H2,1-5H3. The number of benzene rings is 2. The topological polar surface area (TPSA) is 93.1 Å². The number of carbonyl (C=O) groups excluding carboxylic acids is 2. The van der Waals surface area contributed by atoms with Crippen molar-refractivity contribution < 1.29 is 29.3 Å². The Balaban J connectivity index is 1.51. The molecule has 0 saturated carbocycles. The molecule has 0 saturated heterocycles. The molecular formula is C40H61IO6. The zero-order valence-corrected chi connectivity index (χ0v) is 32.0. The summed E-state index contributed by atoms with van der Waals surface area (Å²) in [4.78, 5) is 24.6. The monoisotopic (exact) mass is 764 g/mol. The van der Waals surface area contributed by atoms with Crippen LogP contribution < -0.4 is 0 Å². The minimum absolute atomic E-state index is 0.155. The molecule has 0 bridgehead atoms. The van der Waals surface area contributed by atoms with Crippen molar-refractivity contribution in [3.8, 4) is 11.5 Å². The van der Waals surface area contributed by atoms with Crippen LogP contribution in [0.5, 0.6) is 11.5 Å². The van der Waals surface area contributed by atoms with E-state index in [4.69, 9.17) is 9.47 Å². The SMILES string of the molecule is CCCCc1cc(CCC(=O)OCCCCCCCCCCOC(=O)CCc2cc(CCCC)c(O)c(C(C)(C)C)c2)cc(I)c1O. The summed E-state index contributed by atoms with van der Waals surface area (Å²) < 4.78 is 11.8. The highest BCUT2D eigenvalue weighted by atomic mass is 127. The van der Waals surface area contributed by atoms with Crippen molar-refractivity contribution >= 4 is 34.5 Å². The molecule has 0 radical (unpaired) electrons. The van der Waals surface area contributed by atoms with Crippen LogP contribution in [0.3, 0.4) is 0 Å². The first-order valence-corrected chi connectivity index (χ1v) is 19.2. The van der Waals surface area contributed by atoms with Gasteiger partial charge >= 0.3 is 11.9 Å². The smallest absolute Gasteiger partial charge is 0.306 e. The first-order chi connectivity index (χ1) is 22.5. The minimum Gasteiger partial charge on any atom is -0.507 e. The normalized spacial score (nSPS) is 11.5. The maximum Gasteiger partial charge on any atom is 0.306 e. The van der Waals surface area contributed by atoms with Gasteiger partial charge in [-0.05, 0) is 113 Å². The summed E-state index contributed by atoms with van der Waals surface area (Å²) in [6.07, 6.45) is 16.4. The third kappa shape index (κ3) is 16.1. The second kappa shape index (κ2) is 22.4. The largest absolute Gasteiger partial charge is 0.507 e. The maximum absolute atomic E-state index is 12.4. The predicted molar refractivity (Wildman–Crippen MR) is 200 cm³/mol. The van der Waals surface area contributed by atoms with Crippen molar-refractivity contribution in [2.45, 2.75) is 156 Å². The number of hydrogen-bond acceptors (Lipinski definition) is 6. The van der Waals surface area contributed by atoms with E-state index in [0.717, 1.165) is 121 Å². The van der Waals surface area contributed by atoms with Crippen LogP contribution in [0.4, 0.5) is 0 Å². The van der Waals surface area contributed by atoms with Crippen molar-refractivity contribution in [1.29, 1.82) is 0 Å². The molecule has 0 fully saturated rings. The zero-order chi connectivity index (χ0) is 34.7. The van der Waals surface area contributed by atoms with Gasteiger partial charge in [-0.2, -0.15) is 0 Å². The summed E-state index contributed by atoms with van der Waals surface area (Å²) in [6, 6.07) is 8.09. The summed E-state index contributed by atoms with van der Waals surface area (Å²) in [5, 5.41) is 21.1. The average molecular weight is 765 g/mol. The molecule has 47 heavy (non-hydrogen) atoms. The minimum atomic E-state index is -0.162. The van der Waals surface area contributed by atoms with E-state index in [1.54, 1.807) is 0 Å². The zero-order valence-electron chi connectivity index (χ0n) is 29.9. The lowest BCUT2D eigenvalue weighted by atomic mass is 9.83. The highest BCUT2D eigenvalue weighted by Gasteiger charge is 2.21.